The number of urea groups is 1. The highest BCUT2D eigenvalue weighted by Crippen LogP contribution is 2.34. The topological polar surface area (TPSA) is 116 Å². The number of nitrogens with zero attached hydrogens (tertiary/aromatic N) is 2. The molecule has 28 heavy (non-hydrogen) atoms. The average Bonchev–Trinajstić information content (AvgIpc) is 3.03. The molecule has 0 atom stereocenters. The quantitative estimate of drug-likeness (QED) is 0.403. The summed E-state index contributed by atoms with van der Waals surface area (Å²) in [5, 5.41) is 29.8. The number of carbonyl (C=O) groups excluding carboxylic acids is 1. The lowest BCUT2D eigenvalue weighted by Gasteiger charge is -2.23. The lowest BCUT2D eigenvalue weighted by Crippen LogP contribution is -2.41. The largest absolute Gasteiger partial charge is 0.508 e. The molecule has 0 spiro atoms. The molecule has 7 nitrogen and oxygen atoms in total. The van der Waals surface area contributed by atoms with E-state index < -0.39 is 6.03 Å². The predicted octanol–water partition coefficient (Wildman–Crippen LogP) is 4.11. The van der Waals surface area contributed by atoms with Crippen LogP contribution >= 0.6 is 0 Å². The second-order valence-electron chi connectivity index (χ2n) is 6.95. The number of aryl methyl sites for hydroxylation is 1. The molecule has 0 fully saturated rings. The Bertz CT molecular complexity index is 1070. The summed E-state index contributed by atoms with van der Waals surface area (Å²) in [6, 6.07) is 9.16. The van der Waals surface area contributed by atoms with Crippen molar-refractivity contribution in [3.63, 3.8) is 0 Å². The van der Waals surface area contributed by atoms with Crippen LogP contribution in [-0.4, -0.2) is 26.6 Å². The first kappa shape index (κ1) is 19.3. The van der Waals surface area contributed by atoms with Gasteiger partial charge in [0.05, 0.1) is 11.3 Å². The minimum Gasteiger partial charge on any atom is -0.508 e. The van der Waals surface area contributed by atoms with Gasteiger partial charge in [-0.05, 0) is 48.7 Å². The van der Waals surface area contributed by atoms with Crippen molar-refractivity contribution in [2.45, 2.75) is 33.2 Å². The number of nitrogens with one attached hydrogen (secondary N) is 1. The van der Waals surface area contributed by atoms with Crippen molar-refractivity contribution in [3.05, 3.63) is 53.7 Å². The Hall–Kier alpha value is -3.48. The zero-order valence-electron chi connectivity index (χ0n) is 16.1. The Morgan fingerprint density at radius 1 is 1.18 bits per heavy atom. The third kappa shape index (κ3) is 3.26. The molecule has 1 heterocycles. The van der Waals surface area contributed by atoms with Gasteiger partial charge in [0.15, 0.2) is 0 Å². The standard InChI is InChI=1S/C21H24N4O3/c1-4-24-8-7-13-9-14(5-6-17(13)24)25(21(23)28)20(22)16-10-15(12(2)3)18(26)11-19(16)27/h5-12,22,26-27H,4H2,1-3H3,(H2,23,28). The molecule has 0 bridgehead atoms. The average molecular weight is 380 g/mol. The summed E-state index contributed by atoms with van der Waals surface area (Å²) < 4.78 is 2.07. The lowest BCUT2D eigenvalue weighted by atomic mass is 9.98. The summed E-state index contributed by atoms with van der Waals surface area (Å²) in [6.45, 7) is 6.63. The molecule has 0 aliphatic heterocycles. The van der Waals surface area contributed by atoms with Gasteiger partial charge in [0, 0.05) is 29.7 Å². The van der Waals surface area contributed by atoms with Crippen molar-refractivity contribution in [1.29, 1.82) is 5.41 Å². The Labute approximate surface area is 163 Å². The van der Waals surface area contributed by atoms with Crippen LogP contribution in [0.1, 0.15) is 37.8 Å². The van der Waals surface area contributed by atoms with E-state index >= 15 is 0 Å². The van der Waals surface area contributed by atoms with Crippen molar-refractivity contribution in [2.75, 3.05) is 4.90 Å². The Morgan fingerprint density at radius 2 is 1.89 bits per heavy atom. The van der Waals surface area contributed by atoms with Gasteiger partial charge in [-0.1, -0.05) is 13.8 Å². The summed E-state index contributed by atoms with van der Waals surface area (Å²) in [6.07, 6.45) is 1.95. The van der Waals surface area contributed by atoms with Gasteiger partial charge in [0.1, 0.15) is 17.3 Å². The van der Waals surface area contributed by atoms with Crippen LogP contribution in [0.4, 0.5) is 10.5 Å². The predicted molar refractivity (Wildman–Crippen MR) is 110 cm³/mol. The number of primary amides is 1. The lowest BCUT2D eigenvalue weighted by molar-refractivity contribution is 0.256. The minimum atomic E-state index is -0.835. The molecule has 0 radical (unpaired) electrons. The van der Waals surface area contributed by atoms with Gasteiger partial charge in [-0.15, -0.1) is 0 Å². The first-order chi connectivity index (χ1) is 13.2. The number of amides is 2. The van der Waals surface area contributed by atoms with E-state index in [4.69, 9.17) is 11.1 Å². The van der Waals surface area contributed by atoms with Gasteiger partial charge in [0.2, 0.25) is 0 Å². The fraction of sp³-hybridized carbons (Fsp3) is 0.238. The van der Waals surface area contributed by atoms with Crippen LogP contribution in [0.25, 0.3) is 10.9 Å². The van der Waals surface area contributed by atoms with Crippen LogP contribution in [0, 0.1) is 5.41 Å². The van der Waals surface area contributed by atoms with Gasteiger partial charge in [-0.2, -0.15) is 0 Å². The van der Waals surface area contributed by atoms with Crippen molar-refractivity contribution in [2.24, 2.45) is 5.73 Å². The molecular weight excluding hydrogens is 356 g/mol. The van der Waals surface area contributed by atoms with E-state index in [1.165, 1.54) is 12.1 Å². The fourth-order valence-electron chi connectivity index (χ4n) is 3.34. The number of phenols is 2. The van der Waals surface area contributed by atoms with Crippen LogP contribution < -0.4 is 10.6 Å². The number of aromatic nitrogens is 1. The highest BCUT2D eigenvalue weighted by Gasteiger charge is 2.24. The van der Waals surface area contributed by atoms with Gasteiger partial charge in [-0.25, -0.2) is 9.69 Å². The number of phenolic OH excluding ortho intramolecular Hbond substituents is 2. The van der Waals surface area contributed by atoms with E-state index in [9.17, 15) is 15.0 Å². The Kier molecular flexibility index (Phi) is 5.00. The number of anilines is 1. The van der Waals surface area contributed by atoms with E-state index in [0.717, 1.165) is 22.3 Å². The number of hydrogen-bond donors (Lipinski definition) is 4. The third-order valence-corrected chi connectivity index (χ3v) is 4.82. The van der Waals surface area contributed by atoms with Crippen LogP contribution in [0.2, 0.25) is 0 Å². The van der Waals surface area contributed by atoms with E-state index in [0.29, 0.717) is 11.3 Å². The molecular formula is C21H24N4O3. The van der Waals surface area contributed by atoms with E-state index in [2.05, 4.69) is 4.57 Å². The normalized spacial score (nSPS) is 11.1. The monoisotopic (exact) mass is 380 g/mol. The van der Waals surface area contributed by atoms with Crippen molar-refractivity contribution in [1.82, 2.24) is 4.57 Å². The molecule has 1 aromatic heterocycles. The molecule has 5 N–H and O–H groups in total. The van der Waals surface area contributed by atoms with Gasteiger partial charge >= 0.3 is 6.03 Å². The maximum Gasteiger partial charge on any atom is 0.325 e. The first-order valence-electron chi connectivity index (χ1n) is 9.07. The van der Waals surface area contributed by atoms with Crippen molar-refractivity contribution >= 4 is 28.5 Å². The number of nitrogens with two attached hydrogens (primary N) is 1. The number of benzene rings is 2. The smallest absolute Gasteiger partial charge is 0.325 e. The number of carbonyl (C=O) groups is 1. The molecule has 2 aromatic carbocycles. The van der Waals surface area contributed by atoms with Gasteiger partial charge in [0.25, 0.3) is 0 Å². The first-order valence-corrected chi connectivity index (χ1v) is 9.07. The van der Waals surface area contributed by atoms with Crippen LogP contribution in [0.5, 0.6) is 11.5 Å². The minimum absolute atomic E-state index is 0.0284. The van der Waals surface area contributed by atoms with E-state index in [1.807, 2.05) is 39.1 Å². The Morgan fingerprint density at radius 3 is 2.50 bits per heavy atom. The highest BCUT2D eigenvalue weighted by atomic mass is 16.3. The number of rotatable bonds is 4. The molecule has 7 heteroatoms. The van der Waals surface area contributed by atoms with Crippen LogP contribution in [-0.2, 0) is 6.54 Å². The maximum atomic E-state index is 12.2. The summed E-state index contributed by atoms with van der Waals surface area (Å²) in [5.74, 6) is -0.645. The van der Waals surface area contributed by atoms with E-state index in [-0.39, 0.29) is 28.8 Å². The number of hydrogen-bond acceptors (Lipinski definition) is 4. The molecule has 0 aliphatic carbocycles. The van der Waals surface area contributed by atoms with Crippen molar-refractivity contribution in [3.8, 4) is 11.5 Å². The highest BCUT2D eigenvalue weighted by molar-refractivity contribution is 6.22. The van der Waals surface area contributed by atoms with Crippen molar-refractivity contribution < 1.29 is 15.0 Å². The molecule has 0 unspecified atom stereocenters. The summed E-state index contributed by atoms with van der Waals surface area (Å²) in [7, 11) is 0. The Balaban J connectivity index is 2.09. The second-order valence-corrected chi connectivity index (χ2v) is 6.95. The van der Waals surface area contributed by atoms with Gasteiger partial charge in [-0.3, -0.25) is 5.41 Å². The molecule has 3 rings (SSSR count). The molecule has 3 aromatic rings. The number of aromatic hydroxyl groups is 2. The van der Waals surface area contributed by atoms with E-state index in [1.54, 1.807) is 12.1 Å². The summed E-state index contributed by atoms with van der Waals surface area (Å²) in [5.41, 5.74) is 7.69. The number of amidine groups is 1. The van der Waals surface area contributed by atoms with Crippen LogP contribution in [0.3, 0.4) is 0 Å². The summed E-state index contributed by atoms with van der Waals surface area (Å²) >= 11 is 0. The fourth-order valence-corrected chi connectivity index (χ4v) is 3.34. The molecule has 2 amide bonds. The second kappa shape index (κ2) is 7.26. The van der Waals surface area contributed by atoms with Gasteiger partial charge < -0.3 is 20.5 Å². The third-order valence-electron chi connectivity index (χ3n) is 4.82. The zero-order chi connectivity index (χ0) is 20.6. The van der Waals surface area contributed by atoms with Crippen LogP contribution in [0.15, 0.2) is 42.6 Å². The summed E-state index contributed by atoms with van der Waals surface area (Å²) in [4.78, 5) is 13.2. The zero-order valence-corrected chi connectivity index (χ0v) is 16.1. The number of fused-ring (bicyclic) bond motifs is 1. The molecule has 146 valence electrons. The maximum absolute atomic E-state index is 12.2. The molecule has 0 saturated heterocycles. The molecule has 0 saturated carbocycles. The molecule has 0 aliphatic rings. The SMILES string of the molecule is CCn1ccc2cc(N(C(=N)c3cc(C(C)C)c(O)cc3O)C(N)=O)ccc21.